The van der Waals surface area contributed by atoms with Crippen LogP contribution >= 0.6 is 11.8 Å². The van der Waals surface area contributed by atoms with Crippen LogP contribution in [0.15, 0.2) is 47.4 Å². The zero-order valence-electron chi connectivity index (χ0n) is 17.3. The molecule has 164 valence electrons. The van der Waals surface area contributed by atoms with Crippen molar-refractivity contribution in [3.63, 3.8) is 0 Å². The number of benzene rings is 2. The first-order valence-corrected chi connectivity index (χ1v) is 11.6. The largest absolute Gasteiger partial charge is 0.366 e. The van der Waals surface area contributed by atoms with Crippen LogP contribution in [0.4, 0.5) is 5.95 Å². The number of primary amides is 1. The molecule has 1 aliphatic heterocycles. The Kier molecular flexibility index (Phi) is 5.34. The summed E-state index contributed by atoms with van der Waals surface area (Å²) in [7, 11) is 0. The number of nitrogens with one attached hydrogen (secondary N) is 2. The van der Waals surface area contributed by atoms with Gasteiger partial charge in [-0.2, -0.15) is 0 Å². The van der Waals surface area contributed by atoms with Gasteiger partial charge in [0.25, 0.3) is 5.91 Å². The molecule has 2 heterocycles. The lowest BCUT2D eigenvalue weighted by Crippen LogP contribution is -2.44. The van der Waals surface area contributed by atoms with E-state index < -0.39 is 11.9 Å². The molecule has 1 atom stereocenters. The SMILES string of the molecule is NC(=O)c1ccc2c(c1)nc(NC(=O)[C@@H]1CSc3ccccc3C(=O)N1)n2C1CCCC1. The number of carbonyl (C=O) groups is 3. The minimum Gasteiger partial charge on any atom is -0.366 e. The minimum absolute atomic E-state index is 0.220. The number of fused-ring (bicyclic) bond motifs is 2. The van der Waals surface area contributed by atoms with E-state index in [-0.39, 0.29) is 17.9 Å². The maximum absolute atomic E-state index is 13.2. The van der Waals surface area contributed by atoms with E-state index in [1.165, 1.54) is 11.8 Å². The van der Waals surface area contributed by atoms with E-state index in [1.54, 1.807) is 18.2 Å². The fourth-order valence-corrected chi connectivity index (χ4v) is 5.51. The molecule has 3 aromatic rings. The second-order valence-electron chi connectivity index (χ2n) is 8.13. The van der Waals surface area contributed by atoms with Crippen molar-refractivity contribution in [1.82, 2.24) is 14.9 Å². The number of anilines is 1. The van der Waals surface area contributed by atoms with Crippen molar-refractivity contribution in [1.29, 1.82) is 0 Å². The number of imidazole rings is 1. The zero-order valence-corrected chi connectivity index (χ0v) is 18.2. The summed E-state index contributed by atoms with van der Waals surface area (Å²) in [6.45, 7) is 0. The van der Waals surface area contributed by atoms with Crippen LogP contribution in [0.25, 0.3) is 11.0 Å². The number of hydrogen-bond acceptors (Lipinski definition) is 5. The molecule has 5 rings (SSSR count). The zero-order chi connectivity index (χ0) is 22.2. The Balaban J connectivity index is 1.45. The Hall–Kier alpha value is -3.33. The van der Waals surface area contributed by atoms with E-state index >= 15 is 0 Å². The molecule has 32 heavy (non-hydrogen) atoms. The molecule has 2 aliphatic rings. The van der Waals surface area contributed by atoms with Gasteiger partial charge in [-0.05, 0) is 43.2 Å². The normalized spacial score (nSPS) is 18.8. The molecule has 1 fully saturated rings. The van der Waals surface area contributed by atoms with E-state index in [9.17, 15) is 14.4 Å². The molecule has 1 aromatic heterocycles. The van der Waals surface area contributed by atoms with Gasteiger partial charge in [-0.25, -0.2) is 4.98 Å². The first-order valence-electron chi connectivity index (χ1n) is 10.7. The molecule has 8 nitrogen and oxygen atoms in total. The molecule has 3 amide bonds. The smallest absolute Gasteiger partial charge is 0.253 e. The second-order valence-corrected chi connectivity index (χ2v) is 9.20. The molecule has 4 N–H and O–H groups in total. The quantitative estimate of drug-likeness (QED) is 0.565. The summed E-state index contributed by atoms with van der Waals surface area (Å²) < 4.78 is 2.05. The van der Waals surface area contributed by atoms with E-state index in [0.717, 1.165) is 36.1 Å². The Morgan fingerprint density at radius 3 is 2.72 bits per heavy atom. The van der Waals surface area contributed by atoms with Gasteiger partial charge < -0.3 is 15.6 Å². The van der Waals surface area contributed by atoms with E-state index in [2.05, 4.69) is 15.6 Å². The lowest BCUT2D eigenvalue weighted by atomic mass is 10.1. The van der Waals surface area contributed by atoms with Crippen LogP contribution in [-0.4, -0.2) is 39.1 Å². The van der Waals surface area contributed by atoms with Crippen LogP contribution in [0.1, 0.15) is 52.4 Å². The van der Waals surface area contributed by atoms with Gasteiger partial charge in [-0.3, -0.25) is 19.7 Å². The monoisotopic (exact) mass is 449 g/mol. The van der Waals surface area contributed by atoms with Gasteiger partial charge in [-0.1, -0.05) is 25.0 Å². The number of rotatable bonds is 4. The molecule has 0 radical (unpaired) electrons. The van der Waals surface area contributed by atoms with Crippen molar-refractivity contribution in [2.24, 2.45) is 5.73 Å². The summed E-state index contributed by atoms with van der Waals surface area (Å²) in [6, 6.07) is 12.0. The highest BCUT2D eigenvalue weighted by Crippen LogP contribution is 2.36. The van der Waals surface area contributed by atoms with Gasteiger partial charge in [0.2, 0.25) is 17.8 Å². The number of carbonyl (C=O) groups excluding carboxylic acids is 3. The molecule has 0 bridgehead atoms. The van der Waals surface area contributed by atoms with Crippen molar-refractivity contribution >= 4 is 46.5 Å². The summed E-state index contributed by atoms with van der Waals surface area (Å²) >= 11 is 1.48. The number of aromatic nitrogens is 2. The van der Waals surface area contributed by atoms with Crippen LogP contribution < -0.4 is 16.4 Å². The molecule has 9 heteroatoms. The van der Waals surface area contributed by atoms with Crippen molar-refractivity contribution < 1.29 is 14.4 Å². The summed E-state index contributed by atoms with van der Waals surface area (Å²) in [5.41, 5.74) is 7.83. The number of hydrogen-bond donors (Lipinski definition) is 3. The van der Waals surface area contributed by atoms with Crippen LogP contribution in [-0.2, 0) is 4.79 Å². The maximum atomic E-state index is 13.2. The topological polar surface area (TPSA) is 119 Å². The predicted octanol–water partition coefficient (Wildman–Crippen LogP) is 3.09. The van der Waals surface area contributed by atoms with Crippen LogP contribution in [0, 0.1) is 0 Å². The van der Waals surface area contributed by atoms with Crippen LogP contribution in [0.5, 0.6) is 0 Å². The highest BCUT2D eigenvalue weighted by atomic mass is 32.2. The van der Waals surface area contributed by atoms with Gasteiger partial charge in [0.1, 0.15) is 6.04 Å². The third-order valence-corrected chi connectivity index (χ3v) is 7.22. The van der Waals surface area contributed by atoms with Crippen molar-refractivity contribution in [3.8, 4) is 0 Å². The van der Waals surface area contributed by atoms with Crippen molar-refractivity contribution in [2.45, 2.75) is 42.7 Å². The number of nitrogens with two attached hydrogens (primary N) is 1. The predicted molar refractivity (Wildman–Crippen MR) is 123 cm³/mol. The highest BCUT2D eigenvalue weighted by molar-refractivity contribution is 7.99. The summed E-state index contributed by atoms with van der Waals surface area (Å²) in [4.78, 5) is 42.9. The Bertz CT molecular complexity index is 1230. The molecule has 2 aromatic carbocycles. The number of amides is 3. The molecule has 1 saturated carbocycles. The summed E-state index contributed by atoms with van der Waals surface area (Å²) in [5.74, 6) is -0.251. The van der Waals surface area contributed by atoms with Crippen LogP contribution in [0.2, 0.25) is 0 Å². The summed E-state index contributed by atoms with van der Waals surface area (Å²) in [5, 5.41) is 5.77. The Morgan fingerprint density at radius 2 is 1.94 bits per heavy atom. The molecule has 0 saturated heterocycles. The van der Waals surface area contributed by atoms with Gasteiger partial charge in [0, 0.05) is 22.3 Å². The fraction of sp³-hybridized carbons (Fsp3) is 0.304. The molecule has 0 unspecified atom stereocenters. The van der Waals surface area contributed by atoms with Crippen LogP contribution in [0.3, 0.4) is 0 Å². The fourth-order valence-electron chi connectivity index (χ4n) is 4.44. The number of nitrogens with zero attached hydrogens (tertiary/aromatic N) is 2. The lowest BCUT2D eigenvalue weighted by Gasteiger charge is -2.19. The Labute approximate surface area is 188 Å². The first kappa shape index (κ1) is 20.6. The highest BCUT2D eigenvalue weighted by Gasteiger charge is 2.29. The van der Waals surface area contributed by atoms with E-state index in [0.29, 0.717) is 28.3 Å². The third-order valence-electron chi connectivity index (χ3n) is 6.06. The third kappa shape index (κ3) is 3.73. The van der Waals surface area contributed by atoms with E-state index in [1.807, 2.05) is 28.8 Å². The van der Waals surface area contributed by atoms with Crippen molar-refractivity contribution in [3.05, 3.63) is 53.6 Å². The maximum Gasteiger partial charge on any atom is 0.253 e. The van der Waals surface area contributed by atoms with Gasteiger partial charge in [0.05, 0.1) is 16.6 Å². The van der Waals surface area contributed by atoms with E-state index in [4.69, 9.17) is 5.73 Å². The number of thioether (sulfide) groups is 1. The molecular formula is C23H23N5O3S. The van der Waals surface area contributed by atoms with Gasteiger partial charge in [0.15, 0.2) is 0 Å². The average Bonchev–Trinajstić information content (AvgIpc) is 3.39. The Morgan fingerprint density at radius 1 is 1.16 bits per heavy atom. The lowest BCUT2D eigenvalue weighted by molar-refractivity contribution is -0.117. The second kappa shape index (κ2) is 8.31. The average molecular weight is 450 g/mol. The molecule has 0 spiro atoms. The molecular weight excluding hydrogens is 426 g/mol. The van der Waals surface area contributed by atoms with Gasteiger partial charge >= 0.3 is 0 Å². The van der Waals surface area contributed by atoms with Gasteiger partial charge in [-0.15, -0.1) is 11.8 Å². The summed E-state index contributed by atoms with van der Waals surface area (Å²) in [6.07, 6.45) is 4.23. The molecule has 1 aliphatic carbocycles. The first-order chi connectivity index (χ1) is 15.5. The van der Waals surface area contributed by atoms with Crippen molar-refractivity contribution in [2.75, 3.05) is 11.1 Å². The minimum atomic E-state index is -0.696. The standard InChI is InChI=1S/C23H23N5O3S/c24-20(29)13-9-10-18-16(11-13)26-23(28(18)14-5-1-2-6-14)27-22(31)17-12-32-19-8-4-3-7-15(19)21(30)25-17/h3-4,7-11,14,17H,1-2,5-6,12H2,(H2,24,29)(H,25,30)(H,26,27,31)/t17-/m0/s1.